The number of amides is 1. The van der Waals surface area contributed by atoms with Gasteiger partial charge in [0.05, 0.1) is 17.2 Å². The van der Waals surface area contributed by atoms with E-state index in [1.807, 2.05) is 13.8 Å². The van der Waals surface area contributed by atoms with Crippen molar-refractivity contribution < 1.29 is 14.0 Å². The van der Waals surface area contributed by atoms with Crippen LogP contribution in [0.5, 0.6) is 0 Å². The SMILES string of the molecule is CCn1ncnc1[C@H](C)NC(=O)c1c(C)oc2c1C(=O)CCC2. The summed E-state index contributed by atoms with van der Waals surface area (Å²) < 4.78 is 7.36. The molecule has 2 heterocycles. The molecule has 122 valence electrons. The van der Waals surface area contributed by atoms with E-state index in [0.29, 0.717) is 47.9 Å². The van der Waals surface area contributed by atoms with Crippen molar-refractivity contribution >= 4 is 11.7 Å². The Balaban J connectivity index is 1.87. The predicted molar refractivity (Wildman–Crippen MR) is 82.3 cm³/mol. The van der Waals surface area contributed by atoms with Gasteiger partial charge < -0.3 is 9.73 Å². The number of carbonyl (C=O) groups excluding carboxylic acids is 2. The van der Waals surface area contributed by atoms with Crippen LogP contribution in [-0.2, 0) is 13.0 Å². The monoisotopic (exact) mass is 316 g/mol. The van der Waals surface area contributed by atoms with E-state index in [1.165, 1.54) is 6.33 Å². The van der Waals surface area contributed by atoms with Gasteiger partial charge in [0.15, 0.2) is 5.78 Å². The van der Waals surface area contributed by atoms with Crippen LogP contribution >= 0.6 is 0 Å². The van der Waals surface area contributed by atoms with E-state index < -0.39 is 0 Å². The number of fused-ring (bicyclic) bond motifs is 1. The van der Waals surface area contributed by atoms with Crippen LogP contribution in [0.15, 0.2) is 10.7 Å². The summed E-state index contributed by atoms with van der Waals surface area (Å²) in [7, 11) is 0. The van der Waals surface area contributed by atoms with Crippen LogP contribution in [-0.4, -0.2) is 26.5 Å². The predicted octanol–water partition coefficient (Wildman–Crippen LogP) is 2.21. The van der Waals surface area contributed by atoms with Gasteiger partial charge in [0.2, 0.25) is 0 Å². The average Bonchev–Trinajstić information content (AvgIpc) is 3.11. The van der Waals surface area contributed by atoms with E-state index in [-0.39, 0.29) is 17.7 Å². The molecule has 2 aromatic heterocycles. The summed E-state index contributed by atoms with van der Waals surface area (Å²) in [6.07, 6.45) is 3.41. The number of nitrogens with zero attached hydrogens (tertiary/aromatic N) is 3. The van der Waals surface area contributed by atoms with E-state index in [9.17, 15) is 9.59 Å². The molecule has 7 heteroatoms. The minimum atomic E-state index is -0.311. The average molecular weight is 316 g/mol. The topological polar surface area (TPSA) is 90.0 Å². The molecule has 2 aromatic rings. The third-order valence-electron chi connectivity index (χ3n) is 4.15. The number of hydrogen-bond acceptors (Lipinski definition) is 5. The van der Waals surface area contributed by atoms with Gasteiger partial charge in [0, 0.05) is 19.4 Å². The van der Waals surface area contributed by atoms with Gasteiger partial charge in [-0.2, -0.15) is 5.10 Å². The standard InChI is InChI=1S/C16H20N4O3/c1-4-20-15(17-8-18-20)9(2)19-16(22)13-10(3)23-12-7-5-6-11(21)14(12)13/h8-9H,4-7H2,1-3H3,(H,19,22)/t9-/m0/s1. The molecule has 1 amide bonds. The number of carbonyl (C=O) groups is 2. The highest BCUT2D eigenvalue weighted by Gasteiger charge is 2.31. The summed E-state index contributed by atoms with van der Waals surface area (Å²) in [5, 5.41) is 7.00. The number of aryl methyl sites for hydroxylation is 3. The van der Waals surface area contributed by atoms with Gasteiger partial charge in [-0.15, -0.1) is 0 Å². The molecule has 1 N–H and O–H groups in total. The van der Waals surface area contributed by atoms with E-state index in [2.05, 4.69) is 15.4 Å². The van der Waals surface area contributed by atoms with Crippen molar-refractivity contribution in [1.29, 1.82) is 0 Å². The molecule has 0 saturated heterocycles. The second kappa shape index (κ2) is 5.98. The molecule has 7 nitrogen and oxygen atoms in total. The van der Waals surface area contributed by atoms with Crippen molar-refractivity contribution in [3.05, 3.63) is 34.8 Å². The Bertz CT molecular complexity index is 759. The molecule has 23 heavy (non-hydrogen) atoms. The molecule has 1 aliphatic carbocycles. The maximum absolute atomic E-state index is 12.7. The van der Waals surface area contributed by atoms with Crippen LogP contribution in [0, 0.1) is 6.92 Å². The zero-order valence-electron chi connectivity index (χ0n) is 13.5. The Morgan fingerprint density at radius 1 is 1.48 bits per heavy atom. The van der Waals surface area contributed by atoms with Gasteiger partial charge in [0.25, 0.3) is 5.91 Å². The number of aromatic nitrogens is 3. The number of ketones is 1. The van der Waals surface area contributed by atoms with Crippen LogP contribution < -0.4 is 5.32 Å². The molecule has 0 aromatic carbocycles. The highest BCUT2D eigenvalue weighted by molar-refractivity contribution is 6.10. The van der Waals surface area contributed by atoms with Crippen molar-refractivity contribution in [1.82, 2.24) is 20.1 Å². The third kappa shape index (κ3) is 2.67. The molecule has 0 saturated carbocycles. The summed E-state index contributed by atoms with van der Waals surface area (Å²) in [4.78, 5) is 29.0. The van der Waals surface area contributed by atoms with E-state index >= 15 is 0 Å². The van der Waals surface area contributed by atoms with Crippen molar-refractivity contribution in [2.75, 3.05) is 0 Å². The molecule has 3 rings (SSSR count). The minimum absolute atomic E-state index is 0.0161. The Hall–Kier alpha value is -2.44. The number of nitrogens with one attached hydrogen (secondary N) is 1. The van der Waals surface area contributed by atoms with Crippen molar-refractivity contribution in [2.24, 2.45) is 0 Å². The van der Waals surface area contributed by atoms with E-state index in [0.717, 1.165) is 6.42 Å². The maximum atomic E-state index is 12.7. The third-order valence-corrected chi connectivity index (χ3v) is 4.15. The van der Waals surface area contributed by atoms with Crippen LogP contribution in [0.1, 0.15) is 70.8 Å². The first-order chi connectivity index (χ1) is 11.0. The van der Waals surface area contributed by atoms with Gasteiger partial charge in [-0.25, -0.2) is 9.67 Å². The number of rotatable bonds is 4. The van der Waals surface area contributed by atoms with Crippen LogP contribution in [0.3, 0.4) is 0 Å². The van der Waals surface area contributed by atoms with Crippen LogP contribution in [0.25, 0.3) is 0 Å². The Labute approximate surface area is 134 Å². The van der Waals surface area contributed by atoms with E-state index in [4.69, 9.17) is 4.42 Å². The highest BCUT2D eigenvalue weighted by Crippen LogP contribution is 2.29. The molecule has 0 fully saturated rings. The second-order valence-corrected chi connectivity index (χ2v) is 5.74. The zero-order chi connectivity index (χ0) is 16.6. The molecule has 0 bridgehead atoms. The first kappa shape index (κ1) is 15.5. The molecule has 0 aliphatic heterocycles. The van der Waals surface area contributed by atoms with Crippen molar-refractivity contribution in [3.63, 3.8) is 0 Å². The second-order valence-electron chi connectivity index (χ2n) is 5.74. The maximum Gasteiger partial charge on any atom is 0.256 e. The van der Waals surface area contributed by atoms with Gasteiger partial charge in [-0.05, 0) is 27.2 Å². The molecular formula is C16H20N4O3. The summed E-state index contributed by atoms with van der Waals surface area (Å²) in [5.74, 6) is 1.49. The van der Waals surface area contributed by atoms with Gasteiger partial charge >= 0.3 is 0 Å². The largest absolute Gasteiger partial charge is 0.465 e. The normalized spacial score (nSPS) is 15.3. The Morgan fingerprint density at radius 3 is 3.00 bits per heavy atom. The molecule has 1 atom stereocenters. The van der Waals surface area contributed by atoms with Crippen molar-refractivity contribution in [3.8, 4) is 0 Å². The van der Waals surface area contributed by atoms with Gasteiger partial charge in [-0.3, -0.25) is 9.59 Å². The number of furan rings is 1. The summed E-state index contributed by atoms with van der Waals surface area (Å²) in [5.41, 5.74) is 0.814. The quantitative estimate of drug-likeness (QED) is 0.934. The number of Topliss-reactive ketones (excluding diaryl/α,β-unsaturated/α-hetero) is 1. The first-order valence-electron chi connectivity index (χ1n) is 7.87. The lowest BCUT2D eigenvalue weighted by Crippen LogP contribution is -2.30. The summed E-state index contributed by atoms with van der Waals surface area (Å²) in [6.45, 7) is 6.20. The van der Waals surface area contributed by atoms with Crippen LogP contribution in [0.4, 0.5) is 0 Å². The van der Waals surface area contributed by atoms with Crippen molar-refractivity contribution in [2.45, 2.75) is 52.6 Å². The van der Waals surface area contributed by atoms with E-state index in [1.54, 1.807) is 11.6 Å². The Morgan fingerprint density at radius 2 is 2.26 bits per heavy atom. The van der Waals surface area contributed by atoms with Crippen LogP contribution in [0.2, 0.25) is 0 Å². The molecule has 0 spiro atoms. The fourth-order valence-electron chi connectivity index (χ4n) is 3.07. The molecule has 1 aliphatic rings. The number of hydrogen-bond donors (Lipinski definition) is 1. The fourth-order valence-corrected chi connectivity index (χ4v) is 3.07. The molecule has 0 unspecified atom stereocenters. The molecular weight excluding hydrogens is 296 g/mol. The highest BCUT2D eigenvalue weighted by atomic mass is 16.3. The lowest BCUT2D eigenvalue weighted by molar-refractivity contribution is 0.0916. The fraction of sp³-hybridized carbons (Fsp3) is 0.500. The first-order valence-corrected chi connectivity index (χ1v) is 7.87. The minimum Gasteiger partial charge on any atom is -0.465 e. The van der Waals surface area contributed by atoms with Gasteiger partial charge in [-0.1, -0.05) is 0 Å². The smallest absolute Gasteiger partial charge is 0.256 e. The zero-order valence-corrected chi connectivity index (χ0v) is 13.5. The van der Waals surface area contributed by atoms with Gasteiger partial charge in [0.1, 0.15) is 23.7 Å². The summed E-state index contributed by atoms with van der Waals surface area (Å²) >= 11 is 0. The Kier molecular flexibility index (Phi) is 4.02. The lowest BCUT2D eigenvalue weighted by atomic mass is 9.93. The lowest BCUT2D eigenvalue weighted by Gasteiger charge is -2.15. The summed E-state index contributed by atoms with van der Waals surface area (Å²) in [6, 6.07) is -0.311. The molecule has 0 radical (unpaired) electrons.